The fraction of sp³-hybridized carbons (Fsp3) is 0.111. The Labute approximate surface area is 108 Å². The Hall–Kier alpha value is -2.08. The zero-order chi connectivity index (χ0) is 12.5. The van der Waals surface area contributed by atoms with Crippen LogP contribution in [-0.4, -0.2) is 0 Å². The van der Waals surface area contributed by atoms with Crippen LogP contribution in [0.4, 0.5) is 0 Å². The summed E-state index contributed by atoms with van der Waals surface area (Å²) < 4.78 is 0. The molecule has 18 heavy (non-hydrogen) atoms. The van der Waals surface area contributed by atoms with Crippen molar-refractivity contribution in [1.29, 1.82) is 0 Å². The molecule has 0 nitrogen and oxygen atoms in total. The van der Waals surface area contributed by atoms with Gasteiger partial charge in [0.1, 0.15) is 0 Å². The van der Waals surface area contributed by atoms with E-state index in [9.17, 15) is 0 Å². The summed E-state index contributed by atoms with van der Waals surface area (Å²) in [5.41, 5.74) is 1.39. The van der Waals surface area contributed by atoms with Crippen LogP contribution in [0.1, 0.15) is 18.4 Å². The minimum Gasteiger partial charge on any atom is -0.102 e. The van der Waals surface area contributed by atoms with Gasteiger partial charge < -0.3 is 0 Å². The lowest BCUT2D eigenvalue weighted by atomic mass is 9.89. The predicted octanol–water partition coefficient (Wildman–Crippen LogP) is 5.28. The average molecular weight is 232 g/mol. The number of hydrogen-bond donors (Lipinski definition) is 0. The Balaban J connectivity index is 2.53. The quantitative estimate of drug-likeness (QED) is 0.416. The number of benzene rings is 3. The standard InChI is InChI=1S/C18H16/c1-3-13(2)18-16-10-6-4-8-14(16)12-15-9-5-7-11-17(15)18/h3-13H,1H2,2H3. The molecule has 1 atom stereocenters. The lowest BCUT2D eigenvalue weighted by Gasteiger charge is -2.15. The van der Waals surface area contributed by atoms with E-state index in [1.54, 1.807) is 0 Å². The summed E-state index contributed by atoms with van der Waals surface area (Å²) in [6.07, 6.45) is 2.02. The molecular formula is C18H16. The molecule has 1 unspecified atom stereocenters. The van der Waals surface area contributed by atoms with E-state index in [0.29, 0.717) is 5.92 Å². The molecule has 3 aromatic carbocycles. The van der Waals surface area contributed by atoms with Gasteiger partial charge in [-0.25, -0.2) is 0 Å². The Morgan fingerprint density at radius 2 is 1.39 bits per heavy atom. The number of hydrogen-bond acceptors (Lipinski definition) is 0. The van der Waals surface area contributed by atoms with Gasteiger partial charge in [0, 0.05) is 0 Å². The van der Waals surface area contributed by atoms with Crippen molar-refractivity contribution in [3.63, 3.8) is 0 Å². The summed E-state index contributed by atoms with van der Waals surface area (Å²) >= 11 is 0. The molecule has 0 aliphatic carbocycles. The molecule has 0 heterocycles. The SMILES string of the molecule is C=CC(C)c1c2ccccc2cc2ccccc12. The maximum atomic E-state index is 3.95. The van der Waals surface area contributed by atoms with Crippen molar-refractivity contribution < 1.29 is 0 Å². The molecule has 0 aromatic heterocycles. The minimum absolute atomic E-state index is 0.362. The highest BCUT2D eigenvalue weighted by atomic mass is 14.1. The van der Waals surface area contributed by atoms with Crippen LogP contribution in [0.2, 0.25) is 0 Å². The van der Waals surface area contributed by atoms with Crippen LogP contribution in [0.3, 0.4) is 0 Å². The molecule has 0 amide bonds. The molecule has 3 rings (SSSR count). The second-order valence-corrected chi connectivity index (χ2v) is 4.76. The third-order valence-corrected chi connectivity index (χ3v) is 3.62. The van der Waals surface area contributed by atoms with Crippen LogP contribution in [0.25, 0.3) is 21.5 Å². The smallest absolute Gasteiger partial charge is 0.0000802 e. The highest BCUT2D eigenvalue weighted by Crippen LogP contribution is 2.33. The fourth-order valence-corrected chi connectivity index (χ4v) is 2.66. The monoisotopic (exact) mass is 232 g/mol. The van der Waals surface area contributed by atoms with E-state index < -0.39 is 0 Å². The highest BCUT2D eigenvalue weighted by Gasteiger charge is 2.10. The van der Waals surface area contributed by atoms with Gasteiger partial charge >= 0.3 is 0 Å². The van der Waals surface area contributed by atoms with Gasteiger partial charge in [-0.05, 0) is 39.1 Å². The van der Waals surface area contributed by atoms with Gasteiger partial charge in [-0.1, -0.05) is 61.5 Å². The molecule has 0 heteroatoms. The zero-order valence-corrected chi connectivity index (χ0v) is 10.6. The molecule has 88 valence electrons. The molecule has 0 N–H and O–H groups in total. The molecule has 0 aliphatic heterocycles. The Kier molecular flexibility index (Phi) is 2.64. The number of rotatable bonds is 2. The van der Waals surface area contributed by atoms with Crippen molar-refractivity contribution in [2.45, 2.75) is 12.8 Å². The summed E-state index contributed by atoms with van der Waals surface area (Å²) in [6.45, 7) is 6.16. The molecule has 0 saturated heterocycles. The highest BCUT2D eigenvalue weighted by molar-refractivity contribution is 6.02. The first-order chi connectivity index (χ1) is 8.81. The second-order valence-electron chi connectivity index (χ2n) is 4.76. The van der Waals surface area contributed by atoms with Crippen molar-refractivity contribution in [3.05, 3.63) is 72.8 Å². The third kappa shape index (κ3) is 1.62. The number of allylic oxidation sites excluding steroid dienone is 1. The molecular weight excluding hydrogens is 216 g/mol. The largest absolute Gasteiger partial charge is 0.102 e. The molecule has 0 fully saturated rings. The van der Waals surface area contributed by atoms with Crippen LogP contribution < -0.4 is 0 Å². The van der Waals surface area contributed by atoms with E-state index in [-0.39, 0.29) is 0 Å². The van der Waals surface area contributed by atoms with Gasteiger partial charge in [0.15, 0.2) is 0 Å². The Morgan fingerprint density at radius 1 is 0.889 bits per heavy atom. The first-order valence-electron chi connectivity index (χ1n) is 6.34. The first kappa shape index (κ1) is 11.0. The normalized spacial score (nSPS) is 12.7. The third-order valence-electron chi connectivity index (χ3n) is 3.62. The zero-order valence-electron chi connectivity index (χ0n) is 10.6. The van der Waals surface area contributed by atoms with Crippen LogP contribution >= 0.6 is 0 Å². The lowest BCUT2D eigenvalue weighted by molar-refractivity contribution is 0.996. The van der Waals surface area contributed by atoms with Gasteiger partial charge in [-0.2, -0.15) is 0 Å². The van der Waals surface area contributed by atoms with Gasteiger partial charge in [0.2, 0.25) is 0 Å². The number of fused-ring (bicyclic) bond motifs is 2. The van der Waals surface area contributed by atoms with E-state index in [2.05, 4.69) is 68.1 Å². The molecule has 0 radical (unpaired) electrons. The van der Waals surface area contributed by atoms with Crippen LogP contribution in [0.5, 0.6) is 0 Å². The van der Waals surface area contributed by atoms with E-state index in [4.69, 9.17) is 0 Å². The predicted molar refractivity (Wildman–Crippen MR) is 80.1 cm³/mol. The lowest BCUT2D eigenvalue weighted by Crippen LogP contribution is -1.93. The second kappa shape index (κ2) is 4.30. The van der Waals surface area contributed by atoms with Gasteiger partial charge in [0.25, 0.3) is 0 Å². The maximum absolute atomic E-state index is 3.95. The maximum Gasteiger partial charge on any atom is -0.0000802 e. The summed E-state index contributed by atoms with van der Waals surface area (Å²) in [5, 5.41) is 5.28. The van der Waals surface area contributed by atoms with Crippen molar-refractivity contribution in [1.82, 2.24) is 0 Å². The van der Waals surface area contributed by atoms with Gasteiger partial charge in [0.05, 0.1) is 0 Å². The van der Waals surface area contributed by atoms with Crippen molar-refractivity contribution in [2.75, 3.05) is 0 Å². The first-order valence-corrected chi connectivity index (χ1v) is 6.34. The molecule has 0 bridgehead atoms. The average Bonchev–Trinajstić information content (AvgIpc) is 2.44. The summed E-state index contributed by atoms with van der Waals surface area (Å²) in [6, 6.07) is 19.5. The van der Waals surface area contributed by atoms with Gasteiger partial charge in [-0.3, -0.25) is 0 Å². The van der Waals surface area contributed by atoms with Crippen molar-refractivity contribution >= 4 is 21.5 Å². The summed E-state index contributed by atoms with van der Waals surface area (Å²) in [4.78, 5) is 0. The topological polar surface area (TPSA) is 0 Å². The Bertz CT molecular complexity index is 668. The van der Waals surface area contributed by atoms with E-state index in [1.807, 2.05) is 6.08 Å². The summed E-state index contributed by atoms with van der Waals surface area (Å²) in [7, 11) is 0. The molecule has 0 aliphatic rings. The van der Waals surface area contributed by atoms with Crippen molar-refractivity contribution in [3.8, 4) is 0 Å². The Morgan fingerprint density at radius 3 is 1.89 bits per heavy atom. The van der Waals surface area contributed by atoms with E-state index in [0.717, 1.165) is 0 Å². The minimum atomic E-state index is 0.362. The van der Waals surface area contributed by atoms with Crippen molar-refractivity contribution in [2.24, 2.45) is 0 Å². The molecule has 3 aromatic rings. The van der Waals surface area contributed by atoms with E-state index in [1.165, 1.54) is 27.1 Å². The fourth-order valence-electron chi connectivity index (χ4n) is 2.66. The van der Waals surface area contributed by atoms with Gasteiger partial charge in [-0.15, -0.1) is 6.58 Å². The summed E-state index contributed by atoms with van der Waals surface area (Å²) in [5.74, 6) is 0.362. The van der Waals surface area contributed by atoms with Crippen LogP contribution in [-0.2, 0) is 0 Å². The van der Waals surface area contributed by atoms with E-state index >= 15 is 0 Å². The van der Waals surface area contributed by atoms with Crippen LogP contribution in [0.15, 0.2) is 67.3 Å². The van der Waals surface area contributed by atoms with Crippen LogP contribution in [0, 0.1) is 0 Å². The molecule has 0 saturated carbocycles. The molecule has 0 spiro atoms.